The van der Waals surface area contributed by atoms with Gasteiger partial charge in [0.1, 0.15) is 5.75 Å². The molecule has 2 nitrogen and oxygen atoms in total. The molecule has 0 aliphatic heterocycles. The Bertz CT molecular complexity index is 534. The highest BCUT2D eigenvalue weighted by atomic mass is 16.5. The Balaban J connectivity index is 1.94. The molecule has 0 spiro atoms. The molecule has 0 amide bonds. The van der Waals surface area contributed by atoms with E-state index in [2.05, 4.69) is 36.2 Å². The minimum absolute atomic E-state index is 0.797. The van der Waals surface area contributed by atoms with E-state index < -0.39 is 0 Å². The maximum absolute atomic E-state index is 5.76. The van der Waals surface area contributed by atoms with E-state index in [1.54, 1.807) is 12.4 Å². The molecule has 2 aromatic rings. The van der Waals surface area contributed by atoms with Crippen LogP contribution in [-0.4, -0.2) is 11.6 Å². The van der Waals surface area contributed by atoms with Gasteiger partial charge in [-0.1, -0.05) is 44.1 Å². The van der Waals surface area contributed by atoms with Gasteiger partial charge in [0.15, 0.2) is 0 Å². The van der Waals surface area contributed by atoms with E-state index in [1.807, 2.05) is 24.3 Å². The zero-order chi connectivity index (χ0) is 14.0. The normalized spacial score (nSPS) is 10.8. The van der Waals surface area contributed by atoms with E-state index in [4.69, 9.17) is 4.74 Å². The van der Waals surface area contributed by atoms with Gasteiger partial charge in [0, 0.05) is 12.4 Å². The summed E-state index contributed by atoms with van der Waals surface area (Å²) in [6.07, 6.45) is 11.3. The van der Waals surface area contributed by atoms with E-state index in [0.717, 1.165) is 29.9 Å². The summed E-state index contributed by atoms with van der Waals surface area (Å²) in [4.78, 5) is 4.01. The lowest BCUT2D eigenvalue weighted by molar-refractivity contribution is 0.306. The van der Waals surface area contributed by atoms with Gasteiger partial charge in [-0.15, -0.1) is 0 Å². The second-order valence-corrected chi connectivity index (χ2v) is 4.74. The number of unbranched alkanes of at least 4 members (excludes halogenated alkanes) is 2. The highest BCUT2D eigenvalue weighted by molar-refractivity contribution is 5.69. The molecule has 0 fully saturated rings. The lowest BCUT2D eigenvalue weighted by Crippen LogP contribution is -1.96. The molecule has 0 radical (unpaired) electrons. The van der Waals surface area contributed by atoms with Crippen molar-refractivity contribution in [2.45, 2.75) is 26.2 Å². The molecule has 0 aliphatic carbocycles. The van der Waals surface area contributed by atoms with E-state index in [0.29, 0.717) is 0 Å². The van der Waals surface area contributed by atoms with Crippen LogP contribution in [0.1, 0.15) is 37.3 Å². The van der Waals surface area contributed by atoms with E-state index in [1.165, 1.54) is 12.8 Å². The highest BCUT2D eigenvalue weighted by Crippen LogP contribution is 2.16. The molecule has 0 N–H and O–H groups in total. The molecule has 2 rings (SSSR count). The van der Waals surface area contributed by atoms with E-state index in [-0.39, 0.29) is 0 Å². The topological polar surface area (TPSA) is 22.1 Å². The largest absolute Gasteiger partial charge is 0.494 e. The van der Waals surface area contributed by atoms with Crippen molar-refractivity contribution in [3.63, 3.8) is 0 Å². The van der Waals surface area contributed by atoms with Gasteiger partial charge in [-0.05, 0) is 41.8 Å². The van der Waals surface area contributed by atoms with Crippen molar-refractivity contribution in [1.82, 2.24) is 4.98 Å². The molecule has 0 aliphatic rings. The first-order valence-corrected chi connectivity index (χ1v) is 7.19. The molecule has 0 bridgehead atoms. The second-order valence-electron chi connectivity index (χ2n) is 4.74. The number of pyridine rings is 1. The third-order valence-electron chi connectivity index (χ3n) is 3.05. The summed E-state index contributed by atoms with van der Waals surface area (Å²) in [6.45, 7) is 3.00. The quantitative estimate of drug-likeness (QED) is 0.671. The Morgan fingerprint density at radius 3 is 2.60 bits per heavy atom. The third-order valence-corrected chi connectivity index (χ3v) is 3.05. The van der Waals surface area contributed by atoms with Gasteiger partial charge in [-0.2, -0.15) is 0 Å². The standard InChI is InChI=1S/C18H21NO/c1-2-3-4-14-20-18-7-5-6-17(15-18)9-8-16-10-12-19-13-11-16/h5-13,15H,2-4,14H2,1H3/b9-8+. The summed E-state index contributed by atoms with van der Waals surface area (Å²) in [7, 11) is 0. The molecule has 0 saturated heterocycles. The number of hydrogen-bond donors (Lipinski definition) is 0. The maximum atomic E-state index is 5.76. The molecule has 2 heteroatoms. The number of hydrogen-bond acceptors (Lipinski definition) is 2. The predicted octanol–water partition coefficient (Wildman–Crippen LogP) is 4.82. The molecule has 0 unspecified atom stereocenters. The molecular weight excluding hydrogens is 246 g/mol. The third kappa shape index (κ3) is 4.88. The van der Waals surface area contributed by atoms with E-state index in [9.17, 15) is 0 Å². The van der Waals surface area contributed by atoms with Gasteiger partial charge in [0.05, 0.1) is 6.61 Å². The summed E-state index contributed by atoms with van der Waals surface area (Å²) >= 11 is 0. The summed E-state index contributed by atoms with van der Waals surface area (Å²) in [5.41, 5.74) is 2.30. The lowest BCUT2D eigenvalue weighted by Gasteiger charge is -2.06. The van der Waals surface area contributed by atoms with Crippen LogP contribution in [0.4, 0.5) is 0 Å². The molecule has 0 saturated carbocycles. The van der Waals surface area contributed by atoms with Crippen molar-refractivity contribution in [3.8, 4) is 5.75 Å². The molecule has 104 valence electrons. The average Bonchev–Trinajstić information content (AvgIpc) is 2.51. The Morgan fingerprint density at radius 2 is 1.80 bits per heavy atom. The van der Waals surface area contributed by atoms with Crippen LogP contribution < -0.4 is 4.74 Å². The van der Waals surface area contributed by atoms with Crippen LogP contribution in [0.2, 0.25) is 0 Å². The van der Waals surface area contributed by atoms with Gasteiger partial charge in [-0.25, -0.2) is 0 Å². The first kappa shape index (κ1) is 14.3. The Labute approximate surface area is 121 Å². The average molecular weight is 267 g/mol. The van der Waals surface area contributed by atoms with Crippen LogP contribution in [-0.2, 0) is 0 Å². The molecular formula is C18H21NO. The number of nitrogens with zero attached hydrogens (tertiary/aromatic N) is 1. The zero-order valence-corrected chi connectivity index (χ0v) is 12.0. The smallest absolute Gasteiger partial charge is 0.119 e. The minimum Gasteiger partial charge on any atom is -0.494 e. The summed E-state index contributed by atoms with van der Waals surface area (Å²) in [6, 6.07) is 12.2. The van der Waals surface area contributed by atoms with Crippen LogP contribution in [0.15, 0.2) is 48.8 Å². The molecule has 1 aromatic carbocycles. The monoisotopic (exact) mass is 267 g/mol. The number of rotatable bonds is 7. The fraction of sp³-hybridized carbons (Fsp3) is 0.278. The number of aromatic nitrogens is 1. The first-order chi connectivity index (χ1) is 9.88. The lowest BCUT2D eigenvalue weighted by atomic mass is 10.1. The van der Waals surface area contributed by atoms with Crippen molar-refractivity contribution in [1.29, 1.82) is 0 Å². The van der Waals surface area contributed by atoms with Crippen LogP contribution in [0.3, 0.4) is 0 Å². The van der Waals surface area contributed by atoms with Gasteiger partial charge in [-0.3, -0.25) is 4.98 Å². The van der Waals surface area contributed by atoms with E-state index >= 15 is 0 Å². The summed E-state index contributed by atoms with van der Waals surface area (Å²) < 4.78 is 5.76. The minimum atomic E-state index is 0.797. The van der Waals surface area contributed by atoms with Gasteiger partial charge in [0.2, 0.25) is 0 Å². The highest BCUT2D eigenvalue weighted by Gasteiger charge is 1.95. The summed E-state index contributed by atoms with van der Waals surface area (Å²) in [5, 5.41) is 0. The SMILES string of the molecule is CCCCCOc1cccc(/C=C/c2ccncc2)c1. The molecule has 0 atom stereocenters. The Kier molecular flexibility index (Phi) is 5.84. The fourth-order valence-corrected chi connectivity index (χ4v) is 1.92. The van der Waals surface area contributed by atoms with Crippen LogP contribution in [0.5, 0.6) is 5.75 Å². The Morgan fingerprint density at radius 1 is 1.00 bits per heavy atom. The first-order valence-electron chi connectivity index (χ1n) is 7.19. The van der Waals surface area contributed by atoms with Crippen molar-refractivity contribution in [3.05, 3.63) is 59.9 Å². The molecule has 1 heterocycles. The van der Waals surface area contributed by atoms with Gasteiger partial charge < -0.3 is 4.74 Å². The zero-order valence-electron chi connectivity index (χ0n) is 12.0. The predicted molar refractivity (Wildman–Crippen MR) is 84.6 cm³/mol. The van der Waals surface area contributed by atoms with Crippen LogP contribution in [0.25, 0.3) is 12.2 Å². The fourth-order valence-electron chi connectivity index (χ4n) is 1.92. The Hall–Kier alpha value is -2.09. The van der Waals surface area contributed by atoms with Crippen LogP contribution in [0, 0.1) is 0 Å². The maximum Gasteiger partial charge on any atom is 0.119 e. The van der Waals surface area contributed by atoms with Crippen molar-refractivity contribution < 1.29 is 4.74 Å². The number of ether oxygens (including phenoxy) is 1. The van der Waals surface area contributed by atoms with Gasteiger partial charge in [0.25, 0.3) is 0 Å². The summed E-state index contributed by atoms with van der Waals surface area (Å²) in [5.74, 6) is 0.943. The van der Waals surface area contributed by atoms with Crippen molar-refractivity contribution in [2.75, 3.05) is 6.61 Å². The van der Waals surface area contributed by atoms with Crippen molar-refractivity contribution in [2.24, 2.45) is 0 Å². The van der Waals surface area contributed by atoms with Crippen molar-refractivity contribution >= 4 is 12.2 Å². The van der Waals surface area contributed by atoms with Gasteiger partial charge >= 0.3 is 0 Å². The second kappa shape index (κ2) is 8.16. The molecule has 1 aromatic heterocycles. The number of benzene rings is 1. The molecule has 20 heavy (non-hydrogen) atoms. The van der Waals surface area contributed by atoms with Crippen LogP contribution >= 0.6 is 0 Å².